The van der Waals surface area contributed by atoms with Crippen molar-refractivity contribution in [3.63, 3.8) is 0 Å². The molecule has 7 nitrogen and oxygen atoms in total. The first-order chi connectivity index (χ1) is 13.8. The Balaban J connectivity index is 1.36. The number of rotatable bonds is 7. The number of hydrogen-bond donors (Lipinski definition) is 1. The van der Waals surface area contributed by atoms with E-state index in [4.69, 9.17) is 13.7 Å². The lowest BCUT2D eigenvalue weighted by atomic mass is 10.2. The summed E-state index contributed by atoms with van der Waals surface area (Å²) in [5.41, 5.74) is 0.596. The average Bonchev–Trinajstić information content (AvgIpc) is 3.40. The molecule has 2 aromatic carbocycles. The van der Waals surface area contributed by atoms with Crippen LogP contribution in [0.3, 0.4) is 0 Å². The van der Waals surface area contributed by atoms with Gasteiger partial charge >= 0.3 is 0 Å². The van der Waals surface area contributed by atoms with Gasteiger partial charge in [-0.2, -0.15) is 4.98 Å². The van der Waals surface area contributed by atoms with Crippen LogP contribution in [0.15, 0.2) is 81.9 Å². The van der Waals surface area contributed by atoms with Crippen molar-refractivity contribution in [3.05, 3.63) is 78.9 Å². The van der Waals surface area contributed by atoms with Gasteiger partial charge in [0.15, 0.2) is 11.5 Å². The molecule has 2 heterocycles. The minimum absolute atomic E-state index is 0.179. The first kappa shape index (κ1) is 17.5. The van der Waals surface area contributed by atoms with Crippen molar-refractivity contribution in [1.82, 2.24) is 10.1 Å². The second kappa shape index (κ2) is 8.22. The number of anilines is 1. The highest BCUT2D eigenvalue weighted by atomic mass is 16.5. The number of carbonyl (C=O) groups is 1. The summed E-state index contributed by atoms with van der Waals surface area (Å²) in [6.45, 7) is 0. The van der Waals surface area contributed by atoms with E-state index in [0.717, 1.165) is 0 Å². The number of nitrogens with one attached hydrogen (secondary N) is 1. The van der Waals surface area contributed by atoms with E-state index in [9.17, 15) is 4.79 Å². The molecule has 4 rings (SSSR count). The van der Waals surface area contributed by atoms with E-state index in [1.807, 2.05) is 42.5 Å². The summed E-state index contributed by atoms with van der Waals surface area (Å²) in [5.74, 6) is 2.34. The number of nitrogens with zero attached hydrogens (tertiary/aromatic N) is 2. The van der Waals surface area contributed by atoms with Crippen LogP contribution in [0.5, 0.6) is 11.5 Å². The fraction of sp³-hybridized carbons (Fsp3) is 0.0952. The quantitative estimate of drug-likeness (QED) is 0.504. The van der Waals surface area contributed by atoms with E-state index in [2.05, 4.69) is 15.5 Å². The fourth-order valence-electron chi connectivity index (χ4n) is 2.57. The smallest absolute Gasteiger partial charge is 0.238 e. The number of carbonyl (C=O) groups excluding carboxylic acids is 1. The van der Waals surface area contributed by atoms with E-state index in [1.165, 1.54) is 6.26 Å². The molecule has 0 spiro atoms. The van der Waals surface area contributed by atoms with Crippen LogP contribution in [0.25, 0.3) is 11.6 Å². The summed E-state index contributed by atoms with van der Waals surface area (Å²) in [4.78, 5) is 16.6. The van der Waals surface area contributed by atoms with Gasteiger partial charge in [-0.05, 0) is 36.4 Å². The Morgan fingerprint density at radius 2 is 1.82 bits per heavy atom. The molecule has 0 fully saturated rings. The lowest BCUT2D eigenvalue weighted by molar-refractivity contribution is -0.116. The molecule has 0 atom stereocenters. The van der Waals surface area contributed by atoms with E-state index >= 15 is 0 Å². The normalized spacial score (nSPS) is 10.6. The van der Waals surface area contributed by atoms with Gasteiger partial charge in [0.05, 0.1) is 12.0 Å². The molecule has 4 aromatic rings. The highest BCUT2D eigenvalue weighted by molar-refractivity contribution is 5.92. The van der Waals surface area contributed by atoms with Gasteiger partial charge < -0.3 is 19.0 Å². The minimum Gasteiger partial charge on any atom is -0.461 e. The van der Waals surface area contributed by atoms with Crippen molar-refractivity contribution < 1.29 is 18.5 Å². The van der Waals surface area contributed by atoms with Crippen molar-refractivity contribution in [1.29, 1.82) is 0 Å². The zero-order valence-corrected chi connectivity index (χ0v) is 14.9. The zero-order valence-electron chi connectivity index (χ0n) is 14.9. The van der Waals surface area contributed by atoms with Gasteiger partial charge in [0.2, 0.25) is 17.6 Å². The molecule has 28 heavy (non-hydrogen) atoms. The summed E-state index contributed by atoms with van der Waals surface area (Å²) < 4.78 is 16.2. The maximum atomic E-state index is 12.4. The second-order valence-corrected chi connectivity index (χ2v) is 5.95. The Bertz CT molecular complexity index is 1040. The Morgan fingerprint density at radius 1 is 1.00 bits per heavy atom. The SMILES string of the molecule is O=C(CCc1nc(-c2ccco2)no1)Nc1ccccc1Oc1ccccc1. The number of hydrogen-bond acceptors (Lipinski definition) is 6. The lowest BCUT2D eigenvalue weighted by Gasteiger charge is -2.11. The summed E-state index contributed by atoms with van der Waals surface area (Å²) >= 11 is 0. The van der Waals surface area contributed by atoms with Crippen LogP contribution in [-0.4, -0.2) is 16.0 Å². The molecular formula is C21H17N3O4. The third-order valence-corrected chi connectivity index (χ3v) is 3.91. The molecule has 0 saturated carbocycles. The lowest BCUT2D eigenvalue weighted by Crippen LogP contribution is -2.13. The summed E-state index contributed by atoms with van der Waals surface area (Å²) in [6.07, 6.45) is 2.05. The molecule has 0 unspecified atom stereocenters. The van der Waals surface area contributed by atoms with Crippen LogP contribution in [0.4, 0.5) is 5.69 Å². The molecule has 2 aromatic heterocycles. The number of ether oxygens (including phenoxy) is 1. The van der Waals surface area contributed by atoms with Crippen LogP contribution in [-0.2, 0) is 11.2 Å². The molecule has 0 aliphatic carbocycles. The zero-order chi connectivity index (χ0) is 19.2. The van der Waals surface area contributed by atoms with Crippen LogP contribution in [0.2, 0.25) is 0 Å². The summed E-state index contributed by atoms with van der Waals surface area (Å²) in [5, 5.41) is 6.71. The van der Waals surface area contributed by atoms with Gasteiger partial charge in [-0.25, -0.2) is 0 Å². The average molecular weight is 375 g/mol. The maximum Gasteiger partial charge on any atom is 0.238 e. The number of furan rings is 1. The third kappa shape index (κ3) is 4.27. The van der Waals surface area contributed by atoms with Gasteiger partial charge in [-0.15, -0.1) is 0 Å². The number of amides is 1. The predicted molar refractivity (Wildman–Crippen MR) is 102 cm³/mol. The van der Waals surface area contributed by atoms with E-state index in [1.54, 1.807) is 24.3 Å². The van der Waals surface area contributed by atoms with Gasteiger partial charge in [-0.1, -0.05) is 35.5 Å². The monoisotopic (exact) mass is 375 g/mol. The highest BCUT2D eigenvalue weighted by Crippen LogP contribution is 2.29. The van der Waals surface area contributed by atoms with Crippen LogP contribution in [0.1, 0.15) is 12.3 Å². The highest BCUT2D eigenvalue weighted by Gasteiger charge is 2.13. The number of aryl methyl sites for hydroxylation is 1. The van der Waals surface area contributed by atoms with Gasteiger partial charge in [0, 0.05) is 12.8 Å². The topological polar surface area (TPSA) is 90.4 Å². The van der Waals surface area contributed by atoms with Crippen LogP contribution < -0.4 is 10.1 Å². The van der Waals surface area contributed by atoms with Crippen molar-refractivity contribution in [2.24, 2.45) is 0 Å². The second-order valence-electron chi connectivity index (χ2n) is 5.95. The van der Waals surface area contributed by atoms with Crippen molar-refractivity contribution in [2.75, 3.05) is 5.32 Å². The largest absolute Gasteiger partial charge is 0.461 e. The molecule has 0 aliphatic heterocycles. The molecule has 0 bridgehead atoms. The summed E-state index contributed by atoms with van der Waals surface area (Å²) in [6, 6.07) is 20.2. The van der Waals surface area contributed by atoms with Crippen LogP contribution in [0, 0.1) is 0 Å². The molecular weight excluding hydrogens is 358 g/mol. The third-order valence-electron chi connectivity index (χ3n) is 3.91. The molecule has 1 amide bonds. The van der Waals surface area contributed by atoms with Crippen molar-refractivity contribution in [3.8, 4) is 23.1 Å². The molecule has 0 radical (unpaired) electrons. The number of aromatic nitrogens is 2. The van der Waals surface area contributed by atoms with Gasteiger partial charge in [0.1, 0.15) is 5.75 Å². The van der Waals surface area contributed by atoms with E-state index in [-0.39, 0.29) is 12.3 Å². The Kier molecular flexibility index (Phi) is 5.15. The molecule has 140 valence electrons. The van der Waals surface area contributed by atoms with Crippen molar-refractivity contribution in [2.45, 2.75) is 12.8 Å². The molecule has 1 N–H and O–H groups in total. The molecule has 0 aliphatic rings. The van der Waals surface area contributed by atoms with Crippen molar-refractivity contribution >= 4 is 11.6 Å². The Morgan fingerprint density at radius 3 is 2.64 bits per heavy atom. The Hall–Kier alpha value is -3.87. The molecule has 0 saturated heterocycles. The predicted octanol–water partition coefficient (Wildman–Crippen LogP) is 4.69. The van der Waals surface area contributed by atoms with Gasteiger partial charge in [-0.3, -0.25) is 4.79 Å². The summed E-state index contributed by atoms with van der Waals surface area (Å²) in [7, 11) is 0. The first-order valence-corrected chi connectivity index (χ1v) is 8.76. The van der Waals surface area contributed by atoms with E-state index < -0.39 is 0 Å². The fourth-order valence-corrected chi connectivity index (χ4v) is 2.57. The maximum absolute atomic E-state index is 12.4. The standard InChI is InChI=1S/C21H17N3O4/c25-19(12-13-20-23-21(24-28-20)18-11-6-14-26-18)22-16-9-4-5-10-17(16)27-15-7-2-1-3-8-15/h1-11,14H,12-13H2,(H,22,25). The number of para-hydroxylation sites is 3. The van der Waals surface area contributed by atoms with E-state index in [0.29, 0.717) is 41.1 Å². The minimum atomic E-state index is -0.179. The molecule has 7 heteroatoms. The Labute approximate surface area is 161 Å². The van der Waals surface area contributed by atoms with Crippen LogP contribution >= 0.6 is 0 Å². The first-order valence-electron chi connectivity index (χ1n) is 8.76. The van der Waals surface area contributed by atoms with Gasteiger partial charge in [0.25, 0.3) is 0 Å². The number of benzene rings is 2.